The molecule has 0 radical (unpaired) electrons. The van der Waals surface area contributed by atoms with Gasteiger partial charge in [0, 0.05) is 12.8 Å². The van der Waals surface area contributed by atoms with Crippen molar-refractivity contribution in [1.29, 1.82) is 0 Å². The van der Waals surface area contributed by atoms with Gasteiger partial charge in [0.25, 0.3) is 0 Å². The number of halogens is 3. The summed E-state index contributed by atoms with van der Waals surface area (Å²) in [7, 11) is -1.75. The van der Waals surface area contributed by atoms with Crippen LogP contribution in [-0.2, 0) is 25.5 Å². The van der Waals surface area contributed by atoms with Gasteiger partial charge in [-0.05, 0) is 31.9 Å². The smallest absolute Gasteiger partial charge is 0.458 e. The lowest BCUT2D eigenvalue weighted by molar-refractivity contribution is -0.174. The van der Waals surface area contributed by atoms with Gasteiger partial charge in [0.15, 0.2) is 0 Å². The Hall–Kier alpha value is -3.06. The minimum Gasteiger partial charge on any atom is -0.458 e. The molecule has 0 aliphatic rings. The summed E-state index contributed by atoms with van der Waals surface area (Å²) in [4.78, 5) is 37.4. The average Bonchev–Trinajstić information content (AvgIpc) is 2.69. The van der Waals surface area contributed by atoms with E-state index in [4.69, 9.17) is 4.74 Å². The number of rotatable bonds is 8. The fourth-order valence-electron chi connectivity index (χ4n) is 2.71. The van der Waals surface area contributed by atoms with Gasteiger partial charge < -0.3 is 15.4 Å². The predicted octanol–water partition coefficient (Wildman–Crippen LogP) is 3.93. The van der Waals surface area contributed by atoms with Crippen LogP contribution in [0.25, 0.3) is 0 Å². The fraction of sp³-hybridized carbons (Fsp3) is 0.480. The number of benzene rings is 1. The molecule has 2 amide bonds. The van der Waals surface area contributed by atoms with Crippen LogP contribution < -0.4 is 10.6 Å². The SMILES string of the molecule is C=C(C#C[Si](C)(C)C)C[C@@H](NC(=O)[C@H](Cc1ccccc1)NC(=O)C(F)(F)F)C(=O)OC(C)(C)C. The number of carbonyl (C=O) groups excluding carboxylic acids is 3. The summed E-state index contributed by atoms with van der Waals surface area (Å²) in [6.45, 7) is 14.9. The summed E-state index contributed by atoms with van der Waals surface area (Å²) in [5, 5.41) is 4.15. The molecule has 1 rings (SSSR count). The van der Waals surface area contributed by atoms with E-state index in [1.165, 1.54) is 0 Å². The van der Waals surface area contributed by atoms with Crippen LogP contribution in [0, 0.1) is 11.5 Å². The predicted molar refractivity (Wildman–Crippen MR) is 131 cm³/mol. The molecular formula is C25H33F3N2O4Si. The van der Waals surface area contributed by atoms with E-state index in [0.717, 1.165) is 0 Å². The van der Waals surface area contributed by atoms with Crippen molar-refractivity contribution < 1.29 is 32.3 Å². The average molecular weight is 511 g/mol. The summed E-state index contributed by atoms with van der Waals surface area (Å²) >= 11 is 0. The molecule has 0 heterocycles. The molecule has 0 saturated carbocycles. The zero-order valence-corrected chi connectivity index (χ0v) is 21.9. The van der Waals surface area contributed by atoms with Crippen LogP contribution >= 0.6 is 0 Å². The number of hydrogen-bond donors (Lipinski definition) is 2. The summed E-state index contributed by atoms with van der Waals surface area (Å²) in [6, 6.07) is 5.39. The topological polar surface area (TPSA) is 84.5 Å². The summed E-state index contributed by atoms with van der Waals surface area (Å²) in [6.07, 6.45) is -5.49. The molecule has 0 unspecified atom stereocenters. The zero-order chi connectivity index (χ0) is 27.0. The van der Waals surface area contributed by atoms with E-state index < -0.39 is 49.7 Å². The van der Waals surface area contributed by atoms with Crippen LogP contribution in [0.5, 0.6) is 0 Å². The zero-order valence-electron chi connectivity index (χ0n) is 20.9. The second-order valence-electron chi connectivity index (χ2n) is 10.1. The number of nitrogens with one attached hydrogen (secondary N) is 2. The number of esters is 1. The molecule has 1 aromatic carbocycles. The minimum absolute atomic E-state index is 0.0938. The van der Waals surface area contributed by atoms with Gasteiger partial charge >= 0.3 is 18.1 Å². The van der Waals surface area contributed by atoms with Crippen molar-refractivity contribution in [3.8, 4) is 11.5 Å². The largest absolute Gasteiger partial charge is 0.471 e. The number of amides is 2. The normalized spacial score (nSPS) is 13.5. The second kappa shape index (κ2) is 12.1. The summed E-state index contributed by atoms with van der Waals surface area (Å²) in [5.74, 6) is -1.11. The highest BCUT2D eigenvalue weighted by molar-refractivity contribution is 6.83. The Labute approximate surface area is 205 Å². The Bertz CT molecular complexity index is 984. The first-order valence-corrected chi connectivity index (χ1v) is 14.5. The lowest BCUT2D eigenvalue weighted by atomic mass is 10.0. The lowest BCUT2D eigenvalue weighted by Gasteiger charge is -2.26. The van der Waals surface area contributed by atoms with Crippen molar-refractivity contribution >= 4 is 25.9 Å². The van der Waals surface area contributed by atoms with Crippen LogP contribution in [0.4, 0.5) is 13.2 Å². The van der Waals surface area contributed by atoms with Crippen LogP contribution in [0.1, 0.15) is 32.8 Å². The van der Waals surface area contributed by atoms with Crippen molar-refractivity contribution in [3.63, 3.8) is 0 Å². The maximum Gasteiger partial charge on any atom is 0.471 e. The Morgan fingerprint density at radius 1 is 1.03 bits per heavy atom. The molecule has 192 valence electrons. The Morgan fingerprint density at radius 2 is 1.60 bits per heavy atom. The van der Waals surface area contributed by atoms with Gasteiger partial charge in [-0.1, -0.05) is 62.5 Å². The molecule has 0 aromatic heterocycles. The van der Waals surface area contributed by atoms with Crippen molar-refractivity contribution in [2.75, 3.05) is 0 Å². The van der Waals surface area contributed by atoms with Gasteiger partial charge in [0.2, 0.25) is 5.91 Å². The molecular weight excluding hydrogens is 477 g/mol. The van der Waals surface area contributed by atoms with E-state index in [0.29, 0.717) is 11.1 Å². The van der Waals surface area contributed by atoms with Gasteiger partial charge in [-0.25, -0.2) is 4.79 Å². The molecule has 0 spiro atoms. The molecule has 0 fully saturated rings. The highest BCUT2D eigenvalue weighted by Gasteiger charge is 2.41. The monoisotopic (exact) mass is 510 g/mol. The molecule has 2 N–H and O–H groups in total. The van der Waals surface area contributed by atoms with E-state index in [9.17, 15) is 27.6 Å². The van der Waals surface area contributed by atoms with E-state index in [1.807, 2.05) is 19.6 Å². The van der Waals surface area contributed by atoms with Gasteiger partial charge in [-0.2, -0.15) is 13.2 Å². The Kier molecular flexibility index (Phi) is 10.3. The first-order valence-electron chi connectivity index (χ1n) is 11.0. The van der Waals surface area contributed by atoms with Crippen LogP contribution in [0.15, 0.2) is 42.5 Å². The number of carbonyl (C=O) groups is 3. The second-order valence-corrected chi connectivity index (χ2v) is 14.9. The highest BCUT2D eigenvalue weighted by atomic mass is 28.3. The fourth-order valence-corrected chi connectivity index (χ4v) is 3.26. The molecule has 35 heavy (non-hydrogen) atoms. The summed E-state index contributed by atoms with van der Waals surface area (Å²) in [5.41, 5.74) is 3.12. The molecule has 6 nitrogen and oxygen atoms in total. The lowest BCUT2D eigenvalue weighted by Crippen LogP contribution is -2.55. The van der Waals surface area contributed by atoms with Crippen molar-refractivity contribution in [1.82, 2.24) is 10.6 Å². The van der Waals surface area contributed by atoms with Crippen molar-refractivity contribution in [2.24, 2.45) is 0 Å². The third-order valence-corrected chi connectivity index (χ3v) is 5.11. The summed E-state index contributed by atoms with van der Waals surface area (Å²) < 4.78 is 44.1. The van der Waals surface area contributed by atoms with Gasteiger partial charge in [0.05, 0.1) is 0 Å². The molecule has 0 aliphatic carbocycles. The van der Waals surface area contributed by atoms with E-state index in [-0.39, 0.29) is 12.8 Å². The van der Waals surface area contributed by atoms with E-state index in [1.54, 1.807) is 56.4 Å². The number of hydrogen-bond acceptors (Lipinski definition) is 4. The van der Waals surface area contributed by atoms with Crippen molar-refractivity contribution in [2.45, 2.75) is 77.1 Å². The first-order chi connectivity index (χ1) is 15.9. The van der Waals surface area contributed by atoms with Gasteiger partial charge in [-0.3, -0.25) is 9.59 Å². The van der Waals surface area contributed by atoms with Crippen LogP contribution in [0.3, 0.4) is 0 Å². The molecule has 0 saturated heterocycles. The first kappa shape index (κ1) is 30.0. The third-order valence-electron chi connectivity index (χ3n) is 4.23. The number of alkyl halides is 3. The van der Waals surface area contributed by atoms with Gasteiger partial charge in [0.1, 0.15) is 25.8 Å². The van der Waals surface area contributed by atoms with Crippen LogP contribution in [0.2, 0.25) is 19.6 Å². The van der Waals surface area contributed by atoms with E-state index in [2.05, 4.69) is 23.4 Å². The maximum atomic E-state index is 13.0. The van der Waals surface area contributed by atoms with E-state index >= 15 is 0 Å². The molecule has 1 aromatic rings. The molecule has 2 atom stereocenters. The van der Waals surface area contributed by atoms with Crippen LogP contribution in [-0.4, -0.2) is 49.7 Å². The Morgan fingerprint density at radius 3 is 2.09 bits per heavy atom. The minimum atomic E-state index is -5.18. The third kappa shape index (κ3) is 12.3. The highest BCUT2D eigenvalue weighted by Crippen LogP contribution is 2.16. The maximum absolute atomic E-state index is 13.0. The number of ether oxygens (including phenoxy) is 1. The van der Waals surface area contributed by atoms with Gasteiger partial charge in [-0.15, -0.1) is 5.54 Å². The van der Waals surface area contributed by atoms with Crippen molar-refractivity contribution in [3.05, 3.63) is 48.0 Å². The molecule has 0 aliphatic heterocycles. The quantitative estimate of drug-likeness (QED) is 0.315. The molecule has 10 heteroatoms. The Balaban J connectivity index is 3.20. The molecule has 0 bridgehead atoms. The standard InChI is InChI=1S/C25H33F3N2O4Si/c1-17(13-14-35(5,6)7)15-20(22(32)34-24(2,3)4)29-21(31)19(30-23(33)25(26,27)28)16-18-11-9-8-10-12-18/h8-12,19-20H,1,15-16H2,2-7H3,(H,29,31)(H,30,33)/t19-,20+/m0/s1.